The summed E-state index contributed by atoms with van der Waals surface area (Å²) in [7, 11) is -3.80. The summed E-state index contributed by atoms with van der Waals surface area (Å²) < 4.78 is 47.0. The molecule has 0 radical (unpaired) electrons. The van der Waals surface area contributed by atoms with Gasteiger partial charge in [-0.15, -0.1) is 11.3 Å². The van der Waals surface area contributed by atoms with Crippen molar-refractivity contribution in [3.8, 4) is 11.8 Å². The first-order valence-electron chi connectivity index (χ1n) is 10.0. The number of benzene rings is 2. The molecule has 1 fully saturated rings. The summed E-state index contributed by atoms with van der Waals surface area (Å²) >= 11 is 1.02. The number of thiazole rings is 1. The van der Waals surface area contributed by atoms with Gasteiger partial charge in [-0.25, -0.2) is 17.8 Å². The number of aromatic nitrogens is 1. The average molecular weight is 487 g/mol. The van der Waals surface area contributed by atoms with Gasteiger partial charge in [-0.1, -0.05) is 18.2 Å². The third-order valence-electron chi connectivity index (χ3n) is 5.03. The van der Waals surface area contributed by atoms with Gasteiger partial charge in [-0.05, 0) is 37.1 Å². The molecule has 0 bridgehead atoms. The molecule has 0 saturated carbocycles. The second-order valence-corrected chi connectivity index (χ2v) is 9.88. The maximum atomic E-state index is 13.8. The molecule has 1 atom stereocenters. The standard InChI is InChI=1S/C22H19FN4O4S2/c23-19-11-16(9-8-15(19)12-24)31-17-5-4-10-27(13-17)21(28)20-14-32-22(25-20)26-33(29,30)18-6-2-1-3-7-18/h1-3,6-9,11,14,17H,4-5,10,13H2,(H,25,26). The largest absolute Gasteiger partial charge is 0.488 e. The molecule has 1 aliphatic heterocycles. The lowest BCUT2D eigenvalue weighted by molar-refractivity contribution is 0.0533. The van der Waals surface area contributed by atoms with Crippen LogP contribution >= 0.6 is 11.3 Å². The van der Waals surface area contributed by atoms with Crippen molar-refractivity contribution >= 4 is 32.4 Å². The zero-order valence-electron chi connectivity index (χ0n) is 17.3. The van der Waals surface area contributed by atoms with Crippen LogP contribution in [0.3, 0.4) is 0 Å². The molecule has 1 aromatic heterocycles. The minimum Gasteiger partial charge on any atom is -0.488 e. The first-order valence-corrected chi connectivity index (χ1v) is 12.4. The topological polar surface area (TPSA) is 112 Å². The first kappa shape index (κ1) is 22.7. The number of piperidine rings is 1. The van der Waals surface area contributed by atoms with Gasteiger partial charge < -0.3 is 9.64 Å². The van der Waals surface area contributed by atoms with Crippen LogP contribution in [0.25, 0.3) is 0 Å². The minimum atomic E-state index is -3.80. The Morgan fingerprint density at radius 1 is 1.27 bits per heavy atom. The molecule has 1 aliphatic rings. The molecule has 11 heteroatoms. The highest BCUT2D eigenvalue weighted by atomic mass is 32.2. The van der Waals surface area contributed by atoms with Crippen LogP contribution in [0.4, 0.5) is 9.52 Å². The maximum Gasteiger partial charge on any atom is 0.273 e. The van der Waals surface area contributed by atoms with Gasteiger partial charge in [-0.2, -0.15) is 5.26 Å². The van der Waals surface area contributed by atoms with Crippen molar-refractivity contribution in [3.63, 3.8) is 0 Å². The number of carbonyl (C=O) groups is 1. The number of carbonyl (C=O) groups excluding carboxylic acids is 1. The van der Waals surface area contributed by atoms with Crippen molar-refractivity contribution in [3.05, 3.63) is 71.0 Å². The summed E-state index contributed by atoms with van der Waals surface area (Å²) in [6.07, 6.45) is 1.03. The van der Waals surface area contributed by atoms with E-state index in [1.807, 2.05) is 0 Å². The molecular weight excluding hydrogens is 467 g/mol. The van der Waals surface area contributed by atoms with E-state index >= 15 is 0 Å². The van der Waals surface area contributed by atoms with Gasteiger partial charge in [0.2, 0.25) is 0 Å². The molecular formula is C22H19FN4O4S2. The maximum absolute atomic E-state index is 13.8. The van der Waals surface area contributed by atoms with E-state index in [0.29, 0.717) is 19.4 Å². The Hall–Kier alpha value is -3.49. The van der Waals surface area contributed by atoms with Crippen LogP contribution in [0.1, 0.15) is 28.9 Å². The van der Waals surface area contributed by atoms with Crippen LogP contribution < -0.4 is 9.46 Å². The van der Waals surface area contributed by atoms with E-state index in [9.17, 15) is 17.6 Å². The molecule has 170 valence electrons. The summed E-state index contributed by atoms with van der Waals surface area (Å²) in [5.74, 6) is -0.709. The highest BCUT2D eigenvalue weighted by molar-refractivity contribution is 7.93. The number of nitrogens with one attached hydrogen (secondary N) is 1. The molecule has 33 heavy (non-hydrogen) atoms. The van der Waals surface area contributed by atoms with Crippen molar-refractivity contribution in [2.75, 3.05) is 17.8 Å². The molecule has 0 aliphatic carbocycles. The van der Waals surface area contributed by atoms with Gasteiger partial charge in [-0.3, -0.25) is 9.52 Å². The Morgan fingerprint density at radius 3 is 2.79 bits per heavy atom. The number of nitriles is 1. The third-order valence-corrected chi connectivity index (χ3v) is 7.27. The van der Waals surface area contributed by atoms with Crippen molar-refractivity contribution in [1.82, 2.24) is 9.88 Å². The van der Waals surface area contributed by atoms with E-state index in [2.05, 4.69) is 9.71 Å². The zero-order chi connectivity index (χ0) is 23.4. The average Bonchev–Trinajstić information content (AvgIpc) is 3.27. The number of anilines is 1. The smallest absolute Gasteiger partial charge is 0.273 e. The van der Waals surface area contributed by atoms with Gasteiger partial charge in [0.05, 0.1) is 17.0 Å². The number of ether oxygens (including phenoxy) is 1. The predicted octanol–water partition coefficient (Wildman–Crippen LogP) is 3.64. The molecule has 1 unspecified atom stereocenters. The first-order chi connectivity index (χ1) is 15.9. The number of amides is 1. The number of halogens is 1. The SMILES string of the molecule is N#Cc1ccc(OC2CCCN(C(=O)c3csc(NS(=O)(=O)c4ccccc4)n3)C2)cc1F. The minimum absolute atomic E-state index is 0.0648. The molecule has 8 nitrogen and oxygen atoms in total. The second-order valence-electron chi connectivity index (χ2n) is 7.34. The van der Waals surface area contributed by atoms with Gasteiger partial charge in [0.15, 0.2) is 5.13 Å². The zero-order valence-corrected chi connectivity index (χ0v) is 18.9. The summed E-state index contributed by atoms with van der Waals surface area (Å²) in [6, 6.07) is 13.7. The number of hydrogen-bond acceptors (Lipinski definition) is 7. The van der Waals surface area contributed by atoms with Crippen LogP contribution in [-0.2, 0) is 10.0 Å². The Morgan fingerprint density at radius 2 is 2.06 bits per heavy atom. The predicted molar refractivity (Wildman–Crippen MR) is 120 cm³/mol. The fraction of sp³-hybridized carbons (Fsp3) is 0.227. The third kappa shape index (κ3) is 5.30. The van der Waals surface area contributed by atoms with Crippen LogP contribution in [0, 0.1) is 17.1 Å². The summed E-state index contributed by atoms with van der Waals surface area (Å²) in [5, 5.41) is 10.4. The highest BCUT2D eigenvalue weighted by Crippen LogP contribution is 2.24. The van der Waals surface area contributed by atoms with E-state index in [0.717, 1.165) is 17.4 Å². The molecule has 4 rings (SSSR count). The number of rotatable bonds is 6. The lowest BCUT2D eigenvalue weighted by Gasteiger charge is -2.32. The molecule has 1 saturated heterocycles. The quantitative estimate of drug-likeness (QED) is 0.569. The summed E-state index contributed by atoms with van der Waals surface area (Å²) in [5.41, 5.74) is 0.0702. The van der Waals surface area contributed by atoms with Crippen LogP contribution in [-0.4, -0.2) is 43.4 Å². The second kappa shape index (κ2) is 9.56. The Labute approximate surface area is 194 Å². The van der Waals surface area contributed by atoms with E-state index in [1.165, 1.54) is 29.6 Å². The summed E-state index contributed by atoms with van der Waals surface area (Å²) in [6.45, 7) is 0.784. The molecule has 1 N–H and O–H groups in total. The molecule has 0 spiro atoms. The van der Waals surface area contributed by atoms with Crippen LogP contribution in [0.15, 0.2) is 58.8 Å². The Bertz CT molecular complexity index is 1310. The van der Waals surface area contributed by atoms with Gasteiger partial charge in [0.1, 0.15) is 29.4 Å². The number of likely N-dealkylation sites (tertiary alicyclic amines) is 1. The number of nitrogens with zero attached hydrogens (tertiary/aromatic N) is 3. The fourth-order valence-corrected chi connectivity index (χ4v) is 5.38. The van der Waals surface area contributed by atoms with Crippen molar-refractivity contribution in [1.29, 1.82) is 5.26 Å². The van der Waals surface area contributed by atoms with Crippen molar-refractivity contribution in [2.45, 2.75) is 23.8 Å². The van der Waals surface area contributed by atoms with E-state index < -0.39 is 15.8 Å². The van der Waals surface area contributed by atoms with Crippen molar-refractivity contribution < 1.29 is 22.3 Å². The molecule has 2 aromatic carbocycles. The van der Waals surface area contributed by atoms with Crippen LogP contribution in [0.2, 0.25) is 0 Å². The van der Waals surface area contributed by atoms with Crippen LogP contribution in [0.5, 0.6) is 5.75 Å². The number of sulfonamides is 1. The normalized spacial score (nSPS) is 16.1. The molecule has 2 heterocycles. The van der Waals surface area contributed by atoms with Gasteiger partial charge in [0, 0.05) is 18.0 Å². The van der Waals surface area contributed by atoms with Gasteiger partial charge in [0.25, 0.3) is 15.9 Å². The Balaban J connectivity index is 1.41. The monoisotopic (exact) mass is 486 g/mol. The summed E-state index contributed by atoms with van der Waals surface area (Å²) in [4.78, 5) is 18.8. The van der Waals surface area contributed by atoms with E-state index in [4.69, 9.17) is 10.00 Å². The van der Waals surface area contributed by atoms with Gasteiger partial charge >= 0.3 is 0 Å². The fourth-order valence-electron chi connectivity index (χ4n) is 3.43. The molecule has 1 amide bonds. The lowest BCUT2D eigenvalue weighted by Crippen LogP contribution is -2.44. The van der Waals surface area contributed by atoms with E-state index in [1.54, 1.807) is 29.2 Å². The van der Waals surface area contributed by atoms with E-state index in [-0.39, 0.29) is 45.6 Å². The lowest BCUT2D eigenvalue weighted by atomic mass is 10.1. The number of hydrogen-bond donors (Lipinski definition) is 1. The highest BCUT2D eigenvalue weighted by Gasteiger charge is 2.28. The Kier molecular flexibility index (Phi) is 6.57. The van der Waals surface area contributed by atoms with Crippen molar-refractivity contribution in [2.24, 2.45) is 0 Å². The molecule has 3 aromatic rings.